The molecule has 3 nitrogen and oxygen atoms in total. The lowest BCUT2D eigenvalue weighted by Crippen LogP contribution is -2.33. The fourth-order valence-electron chi connectivity index (χ4n) is 3.09. The van der Waals surface area contributed by atoms with E-state index in [1.54, 1.807) is 0 Å². The van der Waals surface area contributed by atoms with Crippen molar-refractivity contribution in [2.75, 3.05) is 0 Å². The fourth-order valence-corrected chi connectivity index (χ4v) is 3.09. The summed E-state index contributed by atoms with van der Waals surface area (Å²) in [5.74, 6) is 0.0108. The Morgan fingerprint density at radius 1 is 1.09 bits per heavy atom. The molecule has 2 atom stereocenters. The van der Waals surface area contributed by atoms with E-state index in [2.05, 4.69) is 17.4 Å². The van der Waals surface area contributed by atoms with Gasteiger partial charge in [-0.25, -0.2) is 0 Å². The van der Waals surface area contributed by atoms with Crippen LogP contribution in [0.3, 0.4) is 0 Å². The molecule has 0 radical (unpaired) electrons. The lowest BCUT2D eigenvalue weighted by atomic mass is 10.1. The van der Waals surface area contributed by atoms with Crippen LogP contribution in [0.15, 0.2) is 54.6 Å². The molecule has 0 aliphatic heterocycles. The molecular formula is C19H21NO2. The first kappa shape index (κ1) is 14.8. The predicted molar refractivity (Wildman–Crippen MR) is 86.4 cm³/mol. The number of benzene rings is 2. The Kier molecular flexibility index (Phi) is 4.54. The lowest BCUT2D eigenvalue weighted by Gasteiger charge is -2.18. The molecule has 22 heavy (non-hydrogen) atoms. The van der Waals surface area contributed by atoms with Gasteiger partial charge in [0.15, 0.2) is 0 Å². The van der Waals surface area contributed by atoms with Gasteiger partial charge in [-0.2, -0.15) is 0 Å². The summed E-state index contributed by atoms with van der Waals surface area (Å²) in [6.45, 7) is 0. The molecule has 0 unspecified atom stereocenters. The highest BCUT2D eigenvalue weighted by Crippen LogP contribution is 2.31. The van der Waals surface area contributed by atoms with Crippen LogP contribution in [-0.2, 0) is 17.6 Å². The van der Waals surface area contributed by atoms with Gasteiger partial charge in [0.25, 0.3) is 0 Å². The van der Waals surface area contributed by atoms with Gasteiger partial charge in [0.2, 0.25) is 5.91 Å². The molecule has 1 aliphatic carbocycles. The van der Waals surface area contributed by atoms with Crippen LogP contribution in [0.5, 0.6) is 0 Å². The number of carbonyl (C=O) groups excluding carboxylic acids is 1. The highest BCUT2D eigenvalue weighted by atomic mass is 16.3. The molecule has 0 saturated carbocycles. The van der Waals surface area contributed by atoms with Crippen molar-refractivity contribution in [2.24, 2.45) is 0 Å². The van der Waals surface area contributed by atoms with Gasteiger partial charge in [0.05, 0.1) is 12.1 Å². The average molecular weight is 295 g/mol. The van der Waals surface area contributed by atoms with E-state index < -0.39 is 6.10 Å². The highest BCUT2D eigenvalue weighted by molar-refractivity contribution is 5.76. The maximum absolute atomic E-state index is 12.1. The molecule has 114 valence electrons. The summed E-state index contributed by atoms with van der Waals surface area (Å²) in [4.78, 5) is 12.1. The van der Waals surface area contributed by atoms with Gasteiger partial charge in [-0.15, -0.1) is 0 Å². The Hall–Kier alpha value is -2.13. The number of carbonyl (C=O) groups is 1. The minimum atomic E-state index is -0.518. The van der Waals surface area contributed by atoms with Crippen LogP contribution in [0.1, 0.15) is 35.6 Å². The van der Waals surface area contributed by atoms with E-state index in [0.717, 1.165) is 24.0 Å². The van der Waals surface area contributed by atoms with Crippen molar-refractivity contribution in [2.45, 2.75) is 37.8 Å². The number of amides is 1. The van der Waals surface area contributed by atoms with Gasteiger partial charge >= 0.3 is 0 Å². The lowest BCUT2D eigenvalue weighted by molar-refractivity contribution is -0.122. The van der Waals surface area contributed by atoms with Crippen LogP contribution in [0.4, 0.5) is 0 Å². The summed E-state index contributed by atoms with van der Waals surface area (Å²) in [5, 5.41) is 13.1. The Bertz CT molecular complexity index is 639. The van der Waals surface area contributed by atoms with E-state index in [9.17, 15) is 9.90 Å². The zero-order valence-corrected chi connectivity index (χ0v) is 12.5. The van der Waals surface area contributed by atoms with E-state index in [1.807, 2.05) is 42.5 Å². The zero-order chi connectivity index (χ0) is 15.4. The third-order valence-corrected chi connectivity index (χ3v) is 4.23. The minimum Gasteiger partial charge on any atom is -0.390 e. The van der Waals surface area contributed by atoms with Crippen molar-refractivity contribution in [3.05, 3.63) is 71.3 Å². The van der Waals surface area contributed by atoms with E-state index in [0.29, 0.717) is 12.8 Å². The number of hydrogen-bond donors (Lipinski definition) is 2. The Morgan fingerprint density at radius 3 is 2.64 bits per heavy atom. The number of nitrogens with one attached hydrogen (secondary N) is 1. The molecule has 3 heteroatoms. The topological polar surface area (TPSA) is 49.3 Å². The van der Waals surface area contributed by atoms with Crippen LogP contribution >= 0.6 is 0 Å². The molecular weight excluding hydrogens is 274 g/mol. The number of aliphatic hydroxyl groups excluding tert-OH is 1. The third-order valence-electron chi connectivity index (χ3n) is 4.23. The van der Waals surface area contributed by atoms with Crippen molar-refractivity contribution >= 4 is 5.91 Å². The molecule has 3 rings (SSSR count). The second-order valence-electron chi connectivity index (χ2n) is 5.85. The Morgan fingerprint density at radius 2 is 1.82 bits per heavy atom. The Labute approximate surface area is 131 Å². The molecule has 0 fully saturated rings. The summed E-state index contributed by atoms with van der Waals surface area (Å²) in [6.07, 6.45) is 2.31. The second kappa shape index (κ2) is 6.75. The number of rotatable bonds is 5. The monoisotopic (exact) mass is 295 g/mol. The molecule has 0 spiro atoms. The third kappa shape index (κ3) is 3.37. The molecule has 0 bridgehead atoms. The summed E-state index contributed by atoms with van der Waals surface area (Å²) in [7, 11) is 0. The van der Waals surface area contributed by atoms with Crippen molar-refractivity contribution in [3.8, 4) is 0 Å². The standard InChI is InChI=1S/C19H21NO2/c21-17-13-15-10-4-5-11-16(15)19(17)20-18(22)12-6-9-14-7-2-1-3-8-14/h1-5,7-8,10-11,17,19,21H,6,9,12-13H2,(H,20,22)/t17-,19+/m0/s1. The summed E-state index contributed by atoms with van der Waals surface area (Å²) < 4.78 is 0. The van der Waals surface area contributed by atoms with Crippen molar-refractivity contribution in [1.29, 1.82) is 0 Å². The van der Waals surface area contributed by atoms with Gasteiger partial charge in [-0.3, -0.25) is 4.79 Å². The van der Waals surface area contributed by atoms with E-state index in [4.69, 9.17) is 0 Å². The van der Waals surface area contributed by atoms with E-state index in [1.165, 1.54) is 5.56 Å². The molecule has 1 amide bonds. The molecule has 1 aliphatic rings. The number of aliphatic hydroxyl groups is 1. The average Bonchev–Trinajstić information content (AvgIpc) is 2.84. The largest absolute Gasteiger partial charge is 0.390 e. The molecule has 0 heterocycles. The molecule has 2 N–H and O–H groups in total. The molecule has 0 saturated heterocycles. The summed E-state index contributed by atoms with van der Waals surface area (Å²) in [5.41, 5.74) is 3.43. The van der Waals surface area contributed by atoms with E-state index >= 15 is 0 Å². The second-order valence-corrected chi connectivity index (χ2v) is 5.85. The minimum absolute atomic E-state index is 0.0108. The van der Waals surface area contributed by atoms with Gasteiger partial charge in [0.1, 0.15) is 0 Å². The van der Waals surface area contributed by atoms with Crippen LogP contribution < -0.4 is 5.32 Å². The molecule has 2 aromatic rings. The number of fused-ring (bicyclic) bond motifs is 1. The van der Waals surface area contributed by atoms with Crippen LogP contribution in [-0.4, -0.2) is 17.1 Å². The first-order valence-corrected chi connectivity index (χ1v) is 7.83. The van der Waals surface area contributed by atoms with Gasteiger partial charge in [-0.05, 0) is 29.5 Å². The molecule has 0 aromatic heterocycles. The normalized spacial score (nSPS) is 19.7. The number of aryl methyl sites for hydroxylation is 1. The van der Waals surface area contributed by atoms with Gasteiger partial charge < -0.3 is 10.4 Å². The van der Waals surface area contributed by atoms with Crippen molar-refractivity contribution < 1.29 is 9.90 Å². The quantitative estimate of drug-likeness (QED) is 0.891. The summed E-state index contributed by atoms with van der Waals surface area (Å²) in [6, 6.07) is 17.8. The first-order chi connectivity index (χ1) is 10.7. The molecule has 2 aromatic carbocycles. The predicted octanol–water partition coefficient (Wildman–Crippen LogP) is 2.78. The maximum atomic E-state index is 12.1. The maximum Gasteiger partial charge on any atom is 0.220 e. The highest BCUT2D eigenvalue weighted by Gasteiger charge is 2.31. The van der Waals surface area contributed by atoms with Crippen LogP contribution in [0.25, 0.3) is 0 Å². The van der Waals surface area contributed by atoms with Crippen molar-refractivity contribution in [3.63, 3.8) is 0 Å². The van der Waals surface area contributed by atoms with Crippen molar-refractivity contribution in [1.82, 2.24) is 5.32 Å². The number of hydrogen-bond acceptors (Lipinski definition) is 2. The Balaban J connectivity index is 1.52. The summed E-state index contributed by atoms with van der Waals surface area (Å²) >= 11 is 0. The van der Waals surface area contributed by atoms with Crippen LogP contribution in [0.2, 0.25) is 0 Å². The van der Waals surface area contributed by atoms with Crippen LogP contribution in [0, 0.1) is 0 Å². The fraction of sp³-hybridized carbons (Fsp3) is 0.316. The zero-order valence-electron chi connectivity index (χ0n) is 12.5. The van der Waals surface area contributed by atoms with E-state index in [-0.39, 0.29) is 11.9 Å². The first-order valence-electron chi connectivity index (χ1n) is 7.83. The van der Waals surface area contributed by atoms with Gasteiger partial charge in [-0.1, -0.05) is 54.6 Å². The smallest absolute Gasteiger partial charge is 0.220 e. The van der Waals surface area contributed by atoms with Gasteiger partial charge in [0, 0.05) is 12.8 Å². The SMILES string of the molecule is O=C(CCCc1ccccc1)N[C@@H]1c2ccccc2C[C@@H]1O.